The van der Waals surface area contributed by atoms with E-state index in [9.17, 15) is 19.8 Å². The molecule has 0 saturated carbocycles. The van der Waals surface area contributed by atoms with Crippen molar-refractivity contribution in [1.82, 2.24) is 5.32 Å². The average Bonchev–Trinajstić information content (AvgIpc) is 3.16. The smallest absolute Gasteiger partial charge is 0.305 e. The lowest BCUT2D eigenvalue weighted by molar-refractivity contribution is -0.143. The van der Waals surface area contributed by atoms with Crippen LogP contribution in [-0.2, 0) is 14.3 Å². The summed E-state index contributed by atoms with van der Waals surface area (Å²) >= 11 is 0. The van der Waals surface area contributed by atoms with Crippen LogP contribution in [0.3, 0.4) is 0 Å². The highest BCUT2D eigenvalue weighted by atomic mass is 16.5. The van der Waals surface area contributed by atoms with E-state index in [0.717, 1.165) is 57.8 Å². The van der Waals surface area contributed by atoms with Crippen molar-refractivity contribution in [2.24, 2.45) is 0 Å². The molecule has 1 amide bonds. The summed E-state index contributed by atoms with van der Waals surface area (Å²) in [6.45, 7) is 4.93. The number of ether oxygens (including phenoxy) is 1. The fourth-order valence-electron chi connectivity index (χ4n) is 13.6. The molecule has 0 spiro atoms. The van der Waals surface area contributed by atoms with Crippen molar-refractivity contribution in [1.29, 1.82) is 0 Å². The molecule has 0 aromatic carbocycles. The third-order valence-electron chi connectivity index (χ3n) is 20.3. The third kappa shape index (κ3) is 80.5. The number of unbranched alkanes of at least 4 members (excludes halogenated alkanes) is 63. The van der Waals surface area contributed by atoms with Gasteiger partial charge in [-0.05, 0) is 96.3 Å². The average molecular weight is 1350 g/mol. The summed E-state index contributed by atoms with van der Waals surface area (Å²) in [6.07, 6.45) is 115. The Labute approximate surface area is 600 Å². The second-order valence-corrected chi connectivity index (χ2v) is 29.9. The van der Waals surface area contributed by atoms with Gasteiger partial charge in [0.1, 0.15) is 0 Å². The summed E-state index contributed by atoms with van der Waals surface area (Å²) in [5.41, 5.74) is 0. The molecule has 0 heterocycles. The molecule has 0 radical (unpaired) electrons. The van der Waals surface area contributed by atoms with Gasteiger partial charge in [0.05, 0.1) is 25.4 Å². The van der Waals surface area contributed by atoms with E-state index >= 15 is 0 Å². The van der Waals surface area contributed by atoms with Gasteiger partial charge in [-0.15, -0.1) is 0 Å². The number of carbonyl (C=O) groups excluding carboxylic acids is 2. The lowest BCUT2D eigenvalue weighted by Crippen LogP contribution is -2.45. The highest BCUT2D eigenvalue weighted by Gasteiger charge is 2.18. The number of hydrogen-bond donors (Lipinski definition) is 3. The molecular formula is C90H169NO5. The van der Waals surface area contributed by atoms with Crippen molar-refractivity contribution < 1.29 is 24.5 Å². The van der Waals surface area contributed by atoms with Crippen LogP contribution in [-0.4, -0.2) is 47.4 Å². The van der Waals surface area contributed by atoms with E-state index in [2.05, 4.69) is 67.8 Å². The minimum absolute atomic E-state index is 0.0133. The molecule has 0 aliphatic carbocycles. The van der Waals surface area contributed by atoms with Crippen LogP contribution in [0.5, 0.6) is 0 Å². The predicted molar refractivity (Wildman–Crippen MR) is 425 cm³/mol. The monoisotopic (exact) mass is 1340 g/mol. The van der Waals surface area contributed by atoms with Gasteiger partial charge in [-0.2, -0.15) is 0 Å². The summed E-state index contributed by atoms with van der Waals surface area (Å²) in [7, 11) is 0. The lowest BCUT2D eigenvalue weighted by Gasteiger charge is -2.20. The minimum Gasteiger partial charge on any atom is -0.466 e. The molecule has 564 valence electrons. The Morgan fingerprint density at radius 1 is 0.292 bits per heavy atom. The van der Waals surface area contributed by atoms with Crippen LogP contribution in [0.15, 0.2) is 60.8 Å². The molecular weight excluding hydrogens is 1170 g/mol. The standard InChI is InChI=1S/C90H169NO5/c1-3-5-7-9-11-13-15-17-19-21-23-24-25-37-40-43-47-50-54-58-62-66-70-74-78-82-88(93)87(86-92)91-89(94)83-79-75-71-67-63-59-55-51-48-44-41-38-35-33-31-29-27-26-28-30-32-34-36-39-42-45-49-53-57-61-65-69-73-77-81-85-96-90(95)84-80-76-72-68-64-60-56-52-46-22-20-18-16-14-12-10-8-6-4-2/h12,14,18,20,28,30,34,36,78,82,87-88,92-93H,3-11,13,15-17,19,21-27,29,31-33,35,37-77,79-81,83-86H2,1-2H3,(H,91,94)/b14-12-,20-18-,30-28-,36-34-,82-78+. The van der Waals surface area contributed by atoms with E-state index in [0.29, 0.717) is 19.4 Å². The van der Waals surface area contributed by atoms with E-state index in [1.807, 2.05) is 6.08 Å². The molecule has 0 bridgehead atoms. The maximum Gasteiger partial charge on any atom is 0.305 e. The Balaban J connectivity index is 3.39. The molecule has 96 heavy (non-hydrogen) atoms. The normalized spacial score (nSPS) is 12.8. The molecule has 0 aliphatic heterocycles. The van der Waals surface area contributed by atoms with Gasteiger partial charge < -0.3 is 20.3 Å². The van der Waals surface area contributed by atoms with Gasteiger partial charge in [-0.3, -0.25) is 9.59 Å². The summed E-state index contributed by atoms with van der Waals surface area (Å²) in [5.74, 6) is -0.0473. The molecule has 0 fully saturated rings. The molecule has 2 unspecified atom stereocenters. The summed E-state index contributed by atoms with van der Waals surface area (Å²) in [6, 6.07) is -0.629. The number of hydrogen-bond acceptors (Lipinski definition) is 5. The second-order valence-electron chi connectivity index (χ2n) is 29.9. The zero-order valence-electron chi connectivity index (χ0n) is 64.9. The van der Waals surface area contributed by atoms with E-state index in [-0.39, 0.29) is 18.5 Å². The Bertz CT molecular complexity index is 1650. The fourth-order valence-corrected chi connectivity index (χ4v) is 13.6. The molecule has 0 rings (SSSR count). The van der Waals surface area contributed by atoms with Crippen LogP contribution in [0, 0.1) is 0 Å². The van der Waals surface area contributed by atoms with Gasteiger partial charge in [0.25, 0.3) is 0 Å². The molecule has 6 nitrogen and oxygen atoms in total. The zero-order valence-corrected chi connectivity index (χ0v) is 64.9. The predicted octanol–water partition coefficient (Wildman–Crippen LogP) is 29.3. The molecule has 0 aliphatic rings. The van der Waals surface area contributed by atoms with Gasteiger partial charge in [-0.1, -0.05) is 428 Å². The number of allylic oxidation sites excluding steroid dienone is 9. The van der Waals surface area contributed by atoms with E-state index < -0.39 is 12.1 Å². The molecule has 0 saturated heterocycles. The number of carbonyl (C=O) groups is 2. The first-order valence-corrected chi connectivity index (χ1v) is 43.6. The molecule has 0 aromatic rings. The Morgan fingerprint density at radius 3 is 0.812 bits per heavy atom. The quantitative estimate of drug-likeness (QED) is 0.0320. The maximum absolute atomic E-state index is 12.6. The molecule has 3 N–H and O–H groups in total. The summed E-state index contributed by atoms with van der Waals surface area (Å²) in [4.78, 5) is 24.7. The van der Waals surface area contributed by atoms with Gasteiger partial charge in [0.15, 0.2) is 0 Å². The number of nitrogens with one attached hydrogen (secondary N) is 1. The van der Waals surface area contributed by atoms with Crippen LogP contribution in [0.4, 0.5) is 0 Å². The fraction of sp³-hybridized carbons (Fsp3) is 0.867. The largest absolute Gasteiger partial charge is 0.466 e. The van der Waals surface area contributed by atoms with Crippen molar-refractivity contribution in [2.75, 3.05) is 13.2 Å². The SMILES string of the molecule is CCCCC/C=C\C/C=C\CCCCCCCCCCCC(=O)OCCCCCCCCCCCCC/C=C\C/C=C\CCCCCCCCCCCCCCCCCCCC(=O)NC(CO)C(O)/C=C/CCCCCCCCCCCCCCCCCCCCCCCCC. The first-order valence-electron chi connectivity index (χ1n) is 43.6. The van der Waals surface area contributed by atoms with E-state index in [4.69, 9.17) is 4.74 Å². The molecule has 6 heteroatoms. The second kappa shape index (κ2) is 85.0. The maximum atomic E-state index is 12.6. The topological polar surface area (TPSA) is 95.9 Å². The van der Waals surface area contributed by atoms with Crippen LogP contribution in [0.25, 0.3) is 0 Å². The Hall–Kier alpha value is -2.44. The van der Waals surface area contributed by atoms with Crippen molar-refractivity contribution in [3.05, 3.63) is 60.8 Å². The zero-order chi connectivity index (χ0) is 69.1. The van der Waals surface area contributed by atoms with Crippen LogP contribution in [0.2, 0.25) is 0 Å². The highest BCUT2D eigenvalue weighted by molar-refractivity contribution is 5.76. The summed E-state index contributed by atoms with van der Waals surface area (Å²) in [5, 5.41) is 23.3. The van der Waals surface area contributed by atoms with Crippen molar-refractivity contribution in [2.45, 2.75) is 488 Å². The summed E-state index contributed by atoms with van der Waals surface area (Å²) < 4.78 is 5.51. The van der Waals surface area contributed by atoms with E-state index in [1.165, 1.54) is 392 Å². The lowest BCUT2D eigenvalue weighted by atomic mass is 10.0. The van der Waals surface area contributed by atoms with Gasteiger partial charge in [0, 0.05) is 12.8 Å². The first kappa shape index (κ1) is 93.6. The van der Waals surface area contributed by atoms with Crippen molar-refractivity contribution in [3.63, 3.8) is 0 Å². The Kier molecular flexibility index (Phi) is 82.8. The van der Waals surface area contributed by atoms with Gasteiger partial charge >= 0.3 is 5.97 Å². The number of aliphatic hydroxyl groups excluding tert-OH is 2. The minimum atomic E-state index is -0.846. The first-order chi connectivity index (χ1) is 47.5. The number of amides is 1. The number of rotatable bonds is 82. The molecule has 0 aromatic heterocycles. The Morgan fingerprint density at radius 2 is 0.521 bits per heavy atom. The van der Waals surface area contributed by atoms with Crippen molar-refractivity contribution >= 4 is 11.9 Å². The van der Waals surface area contributed by atoms with Gasteiger partial charge in [0.2, 0.25) is 5.91 Å². The third-order valence-corrected chi connectivity index (χ3v) is 20.3. The van der Waals surface area contributed by atoms with Crippen LogP contribution in [0.1, 0.15) is 476 Å². The highest BCUT2D eigenvalue weighted by Crippen LogP contribution is 2.20. The number of aliphatic hydroxyl groups is 2. The van der Waals surface area contributed by atoms with Gasteiger partial charge in [-0.25, -0.2) is 0 Å². The van der Waals surface area contributed by atoms with Crippen LogP contribution < -0.4 is 5.32 Å². The molecule has 2 atom stereocenters. The number of esters is 1. The van der Waals surface area contributed by atoms with E-state index in [1.54, 1.807) is 6.08 Å². The van der Waals surface area contributed by atoms with Crippen LogP contribution >= 0.6 is 0 Å². The van der Waals surface area contributed by atoms with Crippen molar-refractivity contribution in [3.8, 4) is 0 Å².